The first-order valence-electron chi connectivity index (χ1n) is 6.22. The topological polar surface area (TPSA) is 54.0 Å². The molecule has 0 saturated heterocycles. The minimum absolute atomic E-state index is 0.0286. The fraction of sp³-hybridized carbons (Fsp3) is 0.286. The second kappa shape index (κ2) is 6.45. The highest BCUT2D eigenvalue weighted by molar-refractivity contribution is 7.09. The zero-order valence-corrected chi connectivity index (χ0v) is 11.9. The van der Waals surface area contributed by atoms with E-state index in [0.29, 0.717) is 6.54 Å². The van der Waals surface area contributed by atoms with Gasteiger partial charge in [-0.2, -0.15) is 0 Å². The molecule has 5 heteroatoms. The van der Waals surface area contributed by atoms with Gasteiger partial charge in [-0.15, -0.1) is 11.3 Å². The molecule has 0 saturated carbocycles. The molecule has 1 heterocycles. The van der Waals surface area contributed by atoms with Crippen molar-refractivity contribution in [3.05, 3.63) is 34.7 Å². The van der Waals surface area contributed by atoms with Crippen LogP contribution >= 0.6 is 11.3 Å². The summed E-state index contributed by atoms with van der Waals surface area (Å²) in [6.07, 6.45) is 0. The van der Waals surface area contributed by atoms with Crippen molar-refractivity contribution in [2.75, 3.05) is 18.4 Å². The lowest BCUT2D eigenvalue weighted by Gasteiger charge is -2.06. The van der Waals surface area contributed by atoms with E-state index in [0.717, 1.165) is 28.5 Å². The van der Waals surface area contributed by atoms with Gasteiger partial charge in [0.05, 0.1) is 17.2 Å². The van der Waals surface area contributed by atoms with Crippen LogP contribution in [0.3, 0.4) is 0 Å². The Bertz CT molecular complexity index is 548. The molecule has 19 heavy (non-hydrogen) atoms. The van der Waals surface area contributed by atoms with Crippen molar-refractivity contribution in [3.63, 3.8) is 0 Å². The Morgan fingerprint density at radius 1 is 1.32 bits per heavy atom. The molecule has 0 spiro atoms. The smallest absolute Gasteiger partial charge is 0.238 e. The van der Waals surface area contributed by atoms with Crippen molar-refractivity contribution in [2.24, 2.45) is 0 Å². The van der Waals surface area contributed by atoms with Gasteiger partial charge >= 0.3 is 0 Å². The summed E-state index contributed by atoms with van der Waals surface area (Å²) in [5.41, 5.74) is 2.85. The predicted octanol–water partition coefficient (Wildman–Crippen LogP) is 2.67. The van der Waals surface area contributed by atoms with Crippen molar-refractivity contribution in [2.45, 2.75) is 13.8 Å². The van der Waals surface area contributed by atoms with Gasteiger partial charge in [-0.05, 0) is 25.6 Å². The van der Waals surface area contributed by atoms with Crippen LogP contribution in [0, 0.1) is 6.92 Å². The maximum absolute atomic E-state index is 11.5. The van der Waals surface area contributed by atoms with Crippen LogP contribution in [0.1, 0.15) is 11.9 Å². The number of hydrogen-bond acceptors (Lipinski definition) is 4. The number of likely N-dealkylation sites (N-methyl/N-ethyl adjacent to an activating group) is 1. The summed E-state index contributed by atoms with van der Waals surface area (Å²) >= 11 is 1.63. The van der Waals surface area contributed by atoms with Gasteiger partial charge in [0, 0.05) is 16.6 Å². The standard InChI is InChI=1S/C14H17N3OS/c1-3-15-8-14(18)17-12-6-4-11(5-7-12)13-9-19-10(2)16-13/h4-7,9,15H,3,8H2,1-2H3,(H,17,18). The number of thiazole rings is 1. The van der Waals surface area contributed by atoms with Crippen molar-refractivity contribution in [3.8, 4) is 11.3 Å². The Kier molecular flexibility index (Phi) is 4.65. The van der Waals surface area contributed by atoms with Crippen molar-refractivity contribution in [1.82, 2.24) is 10.3 Å². The van der Waals surface area contributed by atoms with E-state index in [1.807, 2.05) is 43.5 Å². The first-order valence-corrected chi connectivity index (χ1v) is 7.10. The molecule has 0 unspecified atom stereocenters. The Balaban J connectivity index is 2.00. The minimum Gasteiger partial charge on any atom is -0.325 e. The fourth-order valence-corrected chi connectivity index (χ4v) is 2.29. The molecule has 0 aliphatic heterocycles. The molecule has 0 aliphatic rings. The van der Waals surface area contributed by atoms with E-state index in [1.165, 1.54) is 0 Å². The van der Waals surface area contributed by atoms with Crippen LogP contribution in [0.15, 0.2) is 29.6 Å². The average molecular weight is 275 g/mol. The first kappa shape index (κ1) is 13.7. The van der Waals surface area contributed by atoms with Gasteiger partial charge in [-0.3, -0.25) is 4.79 Å². The molecule has 4 nitrogen and oxygen atoms in total. The molecular formula is C14H17N3OS. The summed E-state index contributed by atoms with van der Waals surface area (Å²) in [5.74, 6) is -0.0286. The van der Waals surface area contributed by atoms with Crippen LogP contribution in [0.5, 0.6) is 0 Å². The van der Waals surface area contributed by atoms with E-state index in [9.17, 15) is 4.79 Å². The van der Waals surface area contributed by atoms with E-state index in [1.54, 1.807) is 11.3 Å². The van der Waals surface area contributed by atoms with E-state index < -0.39 is 0 Å². The van der Waals surface area contributed by atoms with Gasteiger partial charge in [-0.25, -0.2) is 4.98 Å². The molecule has 2 N–H and O–H groups in total. The molecule has 2 aromatic rings. The lowest BCUT2D eigenvalue weighted by Crippen LogP contribution is -2.27. The number of carbonyl (C=O) groups excluding carboxylic acids is 1. The van der Waals surface area contributed by atoms with Gasteiger partial charge in [0.1, 0.15) is 0 Å². The lowest BCUT2D eigenvalue weighted by molar-refractivity contribution is -0.115. The highest BCUT2D eigenvalue weighted by atomic mass is 32.1. The van der Waals surface area contributed by atoms with Gasteiger partial charge in [0.2, 0.25) is 5.91 Å². The highest BCUT2D eigenvalue weighted by Gasteiger charge is 2.04. The van der Waals surface area contributed by atoms with E-state index >= 15 is 0 Å². The number of hydrogen-bond donors (Lipinski definition) is 2. The Hall–Kier alpha value is -1.72. The Labute approximate surface area is 116 Å². The molecule has 1 aromatic heterocycles. The maximum atomic E-state index is 11.5. The Morgan fingerprint density at radius 2 is 2.05 bits per heavy atom. The van der Waals surface area contributed by atoms with Crippen LogP contribution in [-0.4, -0.2) is 24.0 Å². The number of nitrogens with one attached hydrogen (secondary N) is 2. The van der Waals surface area contributed by atoms with Crippen LogP contribution in [0.25, 0.3) is 11.3 Å². The SMILES string of the molecule is CCNCC(=O)Nc1ccc(-c2csc(C)n2)cc1. The maximum Gasteiger partial charge on any atom is 0.238 e. The molecule has 0 bridgehead atoms. The third kappa shape index (κ3) is 3.87. The van der Waals surface area contributed by atoms with Crippen LogP contribution in [-0.2, 0) is 4.79 Å². The zero-order valence-electron chi connectivity index (χ0n) is 11.1. The summed E-state index contributed by atoms with van der Waals surface area (Å²) in [4.78, 5) is 16.0. The van der Waals surface area contributed by atoms with Crippen molar-refractivity contribution < 1.29 is 4.79 Å². The van der Waals surface area contributed by atoms with Gasteiger partial charge < -0.3 is 10.6 Å². The molecule has 1 aromatic carbocycles. The van der Waals surface area contributed by atoms with Crippen LogP contribution in [0.4, 0.5) is 5.69 Å². The predicted molar refractivity (Wildman–Crippen MR) is 79.5 cm³/mol. The molecule has 2 rings (SSSR count). The second-order valence-corrected chi connectivity index (χ2v) is 5.22. The van der Waals surface area contributed by atoms with Crippen molar-refractivity contribution in [1.29, 1.82) is 0 Å². The van der Waals surface area contributed by atoms with Gasteiger partial charge in [0.15, 0.2) is 0 Å². The number of benzene rings is 1. The zero-order chi connectivity index (χ0) is 13.7. The summed E-state index contributed by atoms with van der Waals surface area (Å²) < 4.78 is 0. The number of aromatic nitrogens is 1. The Morgan fingerprint density at radius 3 is 2.63 bits per heavy atom. The van der Waals surface area contributed by atoms with Gasteiger partial charge in [0.25, 0.3) is 0 Å². The molecule has 0 atom stereocenters. The van der Waals surface area contributed by atoms with E-state index in [-0.39, 0.29) is 5.91 Å². The lowest BCUT2D eigenvalue weighted by atomic mass is 10.1. The second-order valence-electron chi connectivity index (χ2n) is 4.16. The number of nitrogens with zero attached hydrogens (tertiary/aromatic N) is 1. The number of aryl methyl sites for hydroxylation is 1. The average Bonchev–Trinajstić information content (AvgIpc) is 2.84. The highest BCUT2D eigenvalue weighted by Crippen LogP contribution is 2.22. The monoisotopic (exact) mass is 275 g/mol. The number of anilines is 1. The molecule has 0 aliphatic carbocycles. The molecule has 0 radical (unpaired) electrons. The summed E-state index contributed by atoms with van der Waals surface area (Å²) in [7, 11) is 0. The van der Waals surface area contributed by atoms with Crippen LogP contribution < -0.4 is 10.6 Å². The largest absolute Gasteiger partial charge is 0.325 e. The van der Waals surface area contributed by atoms with E-state index in [2.05, 4.69) is 15.6 Å². The number of carbonyl (C=O) groups is 1. The minimum atomic E-state index is -0.0286. The fourth-order valence-electron chi connectivity index (χ4n) is 1.66. The third-order valence-electron chi connectivity index (χ3n) is 2.62. The molecule has 1 amide bonds. The first-order chi connectivity index (χ1) is 9.19. The normalized spacial score (nSPS) is 10.4. The summed E-state index contributed by atoms with van der Waals surface area (Å²) in [6, 6.07) is 7.73. The summed E-state index contributed by atoms with van der Waals surface area (Å²) in [5, 5.41) is 8.92. The number of amides is 1. The quantitative estimate of drug-likeness (QED) is 0.882. The molecule has 100 valence electrons. The van der Waals surface area contributed by atoms with E-state index in [4.69, 9.17) is 0 Å². The molecular weight excluding hydrogens is 258 g/mol. The summed E-state index contributed by atoms with van der Waals surface area (Å²) in [6.45, 7) is 5.08. The third-order valence-corrected chi connectivity index (χ3v) is 3.39. The molecule has 0 fully saturated rings. The van der Waals surface area contributed by atoms with Gasteiger partial charge in [-0.1, -0.05) is 19.1 Å². The van der Waals surface area contributed by atoms with Crippen molar-refractivity contribution >= 4 is 22.9 Å². The number of rotatable bonds is 5. The van der Waals surface area contributed by atoms with Crippen LogP contribution in [0.2, 0.25) is 0 Å².